The second-order valence-corrected chi connectivity index (χ2v) is 9.30. The fraction of sp³-hybridized carbons (Fsp3) is 0.172. The third-order valence-corrected chi connectivity index (χ3v) is 6.12. The van der Waals surface area contributed by atoms with Crippen molar-refractivity contribution in [3.8, 4) is 11.5 Å². The van der Waals surface area contributed by atoms with Crippen LogP contribution in [0, 0.1) is 6.92 Å². The third-order valence-electron chi connectivity index (χ3n) is 6.12. The molecule has 32 heavy (non-hydrogen) atoms. The van der Waals surface area contributed by atoms with Crippen molar-refractivity contribution in [2.75, 3.05) is 4.90 Å². The number of nitrogens with zero attached hydrogens (tertiary/aromatic N) is 1. The first-order valence-corrected chi connectivity index (χ1v) is 10.6. The van der Waals surface area contributed by atoms with Crippen molar-refractivity contribution in [1.29, 1.82) is 0 Å². The maximum atomic E-state index is 9.06. The van der Waals surface area contributed by atoms with Crippen molar-refractivity contribution in [3.05, 3.63) is 95.8 Å². The van der Waals surface area contributed by atoms with Gasteiger partial charge in [-0.2, -0.15) is 0 Å². The largest absolute Gasteiger partial charge is 0.458 e. The van der Waals surface area contributed by atoms with Crippen molar-refractivity contribution in [1.82, 2.24) is 0 Å². The summed E-state index contributed by atoms with van der Waals surface area (Å²) in [5.41, 5.74) is 3.49. The summed E-state index contributed by atoms with van der Waals surface area (Å²) in [6, 6.07) is 5.46. The summed E-state index contributed by atoms with van der Waals surface area (Å²) in [5.74, 6) is 1.05. The molecule has 2 heterocycles. The van der Waals surface area contributed by atoms with Crippen molar-refractivity contribution in [3.63, 3.8) is 0 Å². The van der Waals surface area contributed by atoms with E-state index in [9.17, 15) is 0 Å². The van der Waals surface area contributed by atoms with Gasteiger partial charge in [-0.3, -0.25) is 0 Å². The summed E-state index contributed by atoms with van der Waals surface area (Å²) in [6.07, 6.45) is 0. The Labute approximate surface area is 203 Å². The summed E-state index contributed by atoms with van der Waals surface area (Å²) >= 11 is 0. The maximum absolute atomic E-state index is 9.06. The fourth-order valence-electron chi connectivity index (χ4n) is 4.62. The van der Waals surface area contributed by atoms with E-state index in [1.54, 1.807) is 6.07 Å². The van der Waals surface area contributed by atoms with Crippen molar-refractivity contribution < 1.29 is 17.1 Å². The van der Waals surface area contributed by atoms with E-state index >= 15 is 0 Å². The molecule has 0 saturated carbocycles. The number of hydrogen-bond donors (Lipinski definition) is 0. The van der Waals surface area contributed by atoms with E-state index < -0.39 is 49.0 Å². The minimum Gasteiger partial charge on any atom is -0.458 e. The fourth-order valence-corrected chi connectivity index (χ4v) is 4.62. The highest BCUT2D eigenvalue weighted by atomic mass is 16.5. The smallest absolute Gasteiger partial charge is 0.256 e. The highest BCUT2D eigenvalue weighted by Crippen LogP contribution is 2.41. The molecular formula is C29H26BNO. The number of ether oxygens (including phenoxy) is 1. The van der Waals surface area contributed by atoms with Gasteiger partial charge in [0.25, 0.3) is 6.71 Å². The van der Waals surface area contributed by atoms with Gasteiger partial charge in [-0.1, -0.05) is 69.2 Å². The first-order chi connectivity index (χ1) is 19.1. The molecule has 156 valence electrons. The zero-order valence-corrected chi connectivity index (χ0v) is 18.3. The third kappa shape index (κ3) is 2.81. The normalized spacial score (nSPS) is 17.7. The Morgan fingerprint density at radius 1 is 0.812 bits per heavy atom. The van der Waals surface area contributed by atoms with E-state index in [2.05, 4.69) is 20.8 Å². The molecule has 0 aromatic heterocycles. The van der Waals surface area contributed by atoms with Crippen LogP contribution in [0.1, 0.15) is 44.2 Å². The molecule has 0 N–H and O–H groups in total. The Hall–Kier alpha value is -3.46. The lowest BCUT2D eigenvalue weighted by molar-refractivity contribution is 0.486. The first kappa shape index (κ1) is 12.0. The van der Waals surface area contributed by atoms with Gasteiger partial charge in [0.1, 0.15) is 11.5 Å². The molecular weight excluding hydrogens is 389 g/mol. The topological polar surface area (TPSA) is 12.5 Å². The lowest BCUT2D eigenvalue weighted by Crippen LogP contribution is -2.59. The minimum absolute atomic E-state index is 0.0533. The molecule has 3 heteroatoms. The van der Waals surface area contributed by atoms with Crippen LogP contribution in [0.5, 0.6) is 11.5 Å². The molecule has 0 spiro atoms. The van der Waals surface area contributed by atoms with Gasteiger partial charge in [-0.25, -0.2) is 0 Å². The SMILES string of the molecule is [2H]c1c([2H])c([2H])c(N2c3cc(C)cc4c3B(c3cc(C(C)(C)C)ccc3O4)c3c([2H])c([2H])c([2H])c([2H])c32)c([2H])c1[2H]. The molecule has 2 aliphatic heterocycles. The molecule has 0 atom stereocenters. The van der Waals surface area contributed by atoms with Crippen LogP contribution in [0.2, 0.25) is 0 Å². The number of anilines is 3. The number of hydrogen-bond acceptors (Lipinski definition) is 2. The van der Waals surface area contributed by atoms with Crippen LogP contribution in [0.3, 0.4) is 0 Å². The van der Waals surface area contributed by atoms with E-state index in [0.29, 0.717) is 22.6 Å². The van der Waals surface area contributed by atoms with Crippen molar-refractivity contribution in [2.24, 2.45) is 0 Å². The Morgan fingerprint density at radius 2 is 1.56 bits per heavy atom. The van der Waals surface area contributed by atoms with Gasteiger partial charge in [0.15, 0.2) is 0 Å². The molecule has 6 rings (SSSR count). The number of para-hydroxylation sites is 2. The monoisotopic (exact) mass is 424 g/mol. The van der Waals surface area contributed by atoms with E-state index in [4.69, 9.17) is 17.1 Å². The zero-order chi connectivity index (χ0) is 29.9. The van der Waals surface area contributed by atoms with Crippen LogP contribution in [0.15, 0.2) is 84.7 Å². The Bertz CT molecular complexity index is 1800. The summed E-state index contributed by atoms with van der Waals surface area (Å²) in [6.45, 7) is 7.46. The highest BCUT2D eigenvalue weighted by Gasteiger charge is 2.42. The lowest BCUT2D eigenvalue weighted by atomic mass is 9.34. The molecule has 0 radical (unpaired) electrons. The molecule has 2 aliphatic rings. The molecule has 0 amide bonds. The average Bonchev–Trinajstić information content (AvgIpc) is 2.92. The molecule has 0 unspecified atom stereocenters. The molecule has 0 aliphatic carbocycles. The number of rotatable bonds is 1. The maximum Gasteiger partial charge on any atom is 0.256 e. The van der Waals surface area contributed by atoms with Gasteiger partial charge >= 0.3 is 0 Å². The molecule has 4 aromatic carbocycles. The number of benzene rings is 4. The van der Waals surface area contributed by atoms with Crippen LogP contribution in [0.25, 0.3) is 0 Å². The van der Waals surface area contributed by atoms with Gasteiger partial charge in [0.05, 0.1) is 12.3 Å². The van der Waals surface area contributed by atoms with Gasteiger partial charge in [0, 0.05) is 17.1 Å². The van der Waals surface area contributed by atoms with Crippen molar-refractivity contribution >= 4 is 40.2 Å². The predicted octanol–water partition coefficient (Wildman–Crippen LogP) is 5.70. The number of aryl methyl sites for hydroxylation is 1. The van der Waals surface area contributed by atoms with Crippen LogP contribution in [-0.4, -0.2) is 6.71 Å². The molecule has 0 fully saturated rings. The molecule has 4 aromatic rings. The molecule has 0 saturated heterocycles. The lowest BCUT2D eigenvalue weighted by Gasteiger charge is -2.40. The first-order valence-electron chi connectivity index (χ1n) is 15.1. The van der Waals surface area contributed by atoms with E-state index in [-0.39, 0.29) is 34.3 Å². The average molecular weight is 424 g/mol. The summed E-state index contributed by atoms with van der Waals surface area (Å²) in [5, 5.41) is 0. The quantitative estimate of drug-likeness (QED) is 0.314. The minimum atomic E-state index is -0.649. The van der Waals surface area contributed by atoms with Gasteiger partial charge in [-0.15, -0.1) is 0 Å². The van der Waals surface area contributed by atoms with E-state index in [1.165, 1.54) is 4.90 Å². The second kappa shape index (κ2) is 6.77. The summed E-state index contributed by atoms with van der Waals surface area (Å²) in [7, 11) is 0. The Morgan fingerprint density at radius 3 is 2.34 bits per heavy atom. The number of fused-ring (bicyclic) bond motifs is 4. The standard InChI is InChI=1S/C29H26BNO/c1-19-16-25-28-27(17-19)32-26-15-14-20(29(2,3)4)18-23(26)30(28)22-12-8-9-13-24(22)31(25)21-10-6-5-7-11-21/h5-18H,1-4H3/i5D,6D,7D,8D,9D,10D,11D,12D,13D. The molecule has 2 nitrogen and oxygen atoms in total. The van der Waals surface area contributed by atoms with Crippen LogP contribution >= 0.6 is 0 Å². The second-order valence-electron chi connectivity index (χ2n) is 9.30. The molecule has 0 bridgehead atoms. The Balaban J connectivity index is 1.81. The van der Waals surface area contributed by atoms with Crippen LogP contribution in [0.4, 0.5) is 17.1 Å². The zero-order valence-electron chi connectivity index (χ0n) is 27.3. The highest BCUT2D eigenvalue weighted by molar-refractivity contribution is 6.99. The van der Waals surface area contributed by atoms with Gasteiger partial charge < -0.3 is 9.64 Å². The predicted molar refractivity (Wildman–Crippen MR) is 136 cm³/mol. The van der Waals surface area contributed by atoms with Gasteiger partial charge in [-0.05, 0) is 76.2 Å². The summed E-state index contributed by atoms with van der Waals surface area (Å²) in [4.78, 5) is 1.40. The van der Waals surface area contributed by atoms with Crippen LogP contribution < -0.4 is 26.0 Å². The Kier molecular flexibility index (Phi) is 2.53. The van der Waals surface area contributed by atoms with Crippen molar-refractivity contribution in [2.45, 2.75) is 33.1 Å². The van der Waals surface area contributed by atoms with E-state index in [1.807, 2.05) is 31.2 Å². The van der Waals surface area contributed by atoms with Crippen LogP contribution in [-0.2, 0) is 5.41 Å². The summed E-state index contributed by atoms with van der Waals surface area (Å²) < 4.78 is 83.9. The van der Waals surface area contributed by atoms with Gasteiger partial charge in [0.2, 0.25) is 0 Å². The van der Waals surface area contributed by atoms with E-state index in [0.717, 1.165) is 16.6 Å².